The van der Waals surface area contributed by atoms with Crippen molar-refractivity contribution < 1.29 is 0 Å². The standard InChI is InChI=1S/C19H23N5/c1-2-3-4-5-8-17-15-24-13-12-22-19(24)18(23-17)21-11-9-16-7-6-10-20-14-16/h5-8,10,12-15H,2-4,9,11H2,1H3,(H,21,23). The summed E-state index contributed by atoms with van der Waals surface area (Å²) >= 11 is 0. The first-order valence-electron chi connectivity index (χ1n) is 8.50. The zero-order valence-corrected chi connectivity index (χ0v) is 14.0. The summed E-state index contributed by atoms with van der Waals surface area (Å²) in [4.78, 5) is 13.2. The molecule has 0 amide bonds. The number of imidazole rings is 1. The van der Waals surface area contributed by atoms with Crippen LogP contribution in [-0.2, 0) is 6.42 Å². The van der Waals surface area contributed by atoms with Crippen LogP contribution in [-0.4, -0.2) is 25.9 Å². The van der Waals surface area contributed by atoms with Gasteiger partial charge in [-0.2, -0.15) is 0 Å². The average molecular weight is 321 g/mol. The third-order valence-electron chi connectivity index (χ3n) is 3.83. The molecular formula is C19H23N5. The van der Waals surface area contributed by atoms with Crippen LogP contribution in [0.4, 0.5) is 5.82 Å². The predicted molar refractivity (Wildman–Crippen MR) is 98.0 cm³/mol. The second kappa shape index (κ2) is 8.24. The molecule has 0 bridgehead atoms. The van der Waals surface area contributed by atoms with Crippen LogP contribution in [0.1, 0.15) is 37.4 Å². The molecule has 0 atom stereocenters. The second-order valence-electron chi connectivity index (χ2n) is 5.76. The highest BCUT2D eigenvalue weighted by Crippen LogP contribution is 2.15. The van der Waals surface area contributed by atoms with Gasteiger partial charge in [0.1, 0.15) is 0 Å². The molecule has 5 nitrogen and oxygen atoms in total. The fraction of sp³-hybridized carbons (Fsp3) is 0.316. The van der Waals surface area contributed by atoms with E-state index in [1.165, 1.54) is 18.4 Å². The van der Waals surface area contributed by atoms with Crippen LogP contribution in [0.15, 0.2) is 49.2 Å². The zero-order valence-electron chi connectivity index (χ0n) is 14.0. The van der Waals surface area contributed by atoms with Crippen molar-refractivity contribution in [2.24, 2.45) is 0 Å². The Kier molecular flexibility index (Phi) is 5.56. The van der Waals surface area contributed by atoms with Gasteiger partial charge in [0.05, 0.1) is 5.69 Å². The molecule has 0 radical (unpaired) electrons. The summed E-state index contributed by atoms with van der Waals surface area (Å²) in [7, 11) is 0. The highest BCUT2D eigenvalue weighted by atomic mass is 15.1. The number of unbranched alkanes of at least 4 members (excludes halogenated alkanes) is 2. The average Bonchev–Trinajstić information content (AvgIpc) is 3.08. The Hall–Kier alpha value is -2.69. The van der Waals surface area contributed by atoms with Gasteiger partial charge >= 0.3 is 0 Å². The summed E-state index contributed by atoms with van der Waals surface area (Å²) in [6, 6.07) is 4.04. The molecule has 3 aromatic rings. The molecule has 124 valence electrons. The number of aromatic nitrogens is 4. The largest absolute Gasteiger partial charge is 0.367 e. The molecule has 0 spiro atoms. The monoisotopic (exact) mass is 321 g/mol. The molecule has 0 aromatic carbocycles. The summed E-state index contributed by atoms with van der Waals surface area (Å²) in [5.74, 6) is 0.821. The fourth-order valence-electron chi connectivity index (χ4n) is 2.55. The van der Waals surface area contributed by atoms with Crippen molar-refractivity contribution in [3.8, 4) is 0 Å². The number of nitrogens with zero attached hydrogens (tertiary/aromatic N) is 4. The molecule has 0 saturated heterocycles. The van der Waals surface area contributed by atoms with Crippen LogP contribution < -0.4 is 5.32 Å². The van der Waals surface area contributed by atoms with Crippen LogP contribution in [0.2, 0.25) is 0 Å². The molecule has 5 heteroatoms. The first kappa shape index (κ1) is 16.2. The lowest BCUT2D eigenvalue weighted by atomic mass is 10.2. The van der Waals surface area contributed by atoms with Gasteiger partial charge in [-0.05, 0) is 30.5 Å². The van der Waals surface area contributed by atoms with Crippen LogP contribution >= 0.6 is 0 Å². The van der Waals surface area contributed by atoms with Crippen LogP contribution in [0.5, 0.6) is 0 Å². The molecule has 0 aliphatic rings. The lowest BCUT2D eigenvalue weighted by molar-refractivity contribution is 0.816. The topological polar surface area (TPSA) is 55.1 Å². The van der Waals surface area contributed by atoms with Gasteiger partial charge in [0.25, 0.3) is 0 Å². The minimum Gasteiger partial charge on any atom is -0.367 e. The van der Waals surface area contributed by atoms with E-state index in [2.05, 4.69) is 40.4 Å². The summed E-state index contributed by atoms with van der Waals surface area (Å²) in [6.45, 7) is 3.00. The fourth-order valence-corrected chi connectivity index (χ4v) is 2.55. The molecule has 24 heavy (non-hydrogen) atoms. The SMILES string of the molecule is CCCCC=Cc1cn2ccnc2c(NCCc2cccnc2)n1. The number of fused-ring (bicyclic) bond motifs is 1. The van der Waals surface area contributed by atoms with Crippen LogP contribution in [0.25, 0.3) is 11.7 Å². The summed E-state index contributed by atoms with van der Waals surface area (Å²) in [5, 5.41) is 3.41. The van der Waals surface area contributed by atoms with Crippen molar-refractivity contribution in [1.82, 2.24) is 19.4 Å². The van der Waals surface area contributed by atoms with Gasteiger partial charge < -0.3 is 9.72 Å². The van der Waals surface area contributed by atoms with Crippen LogP contribution in [0.3, 0.4) is 0 Å². The Morgan fingerprint density at radius 2 is 2.25 bits per heavy atom. The minimum absolute atomic E-state index is 0.796. The van der Waals surface area contributed by atoms with E-state index >= 15 is 0 Å². The molecule has 0 fully saturated rings. The number of nitrogens with one attached hydrogen (secondary N) is 1. The Morgan fingerprint density at radius 3 is 3.08 bits per heavy atom. The third kappa shape index (κ3) is 4.19. The minimum atomic E-state index is 0.796. The smallest absolute Gasteiger partial charge is 0.180 e. The van der Waals surface area contributed by atoms with Gasteiger partial charge in [0, 0.05) is 37.5 Å². The molecule has 0 aliphatic heterocycles. The molecule has 3 heterocycles. The number of pyridine rings is 1. The van der Waals surface area contributed by atoms with E-state index in [1.54, 1.807) is 12.4 Å². The Balaban J connectivity index is 1.71. The van der Waals surface area contributed by atoms with Crippen molar-refractivity contribution in [1.29, 1.82) is 0 Å². The van der Waals surface area contributed by atoms with E-state index < -0.39 is 0 Å². The Labute approximate surface area is 142 Å². The molecule has 0 unspecified atom stereocenters. The number of hydrogen-bond donors (Lipinski definition) is 1. The third-order valence-corrected chi connectivity index (χ3v) is 3.83. The van der Waals surface area contributed by atoms with Gasteiger partial charge in [-0.15, -0.1) is 0 Å². The van der Waals surface area contributed by atoms with Crippen molar-refractivity contribution in [3.63, 3.8) is 0 Å². The quantitative estimate of drug-likeness (QED) is 0.638. The van der Waals surface area contributed by atoms with Crippen molar-refractivity contribution in [2.45, 2.75) is 32.6 Å². The lowest BCUT2D eigenvalue weighted by Crippen LogP contribution is -2.09. The highest BCUT2D eigenvalue weighted by Gasteiger charge is 2.06. The van der Waals surface area contributed by atoms with Crippen molar-refractivity contribution >= 4 is 17.5 Å². The Morgan fingerprint density at radius 1 is 1.29 bits per heavy atom. The number of rotatable bonds is 8. The molecule has 0 saturated carbocycles. The molecule has 3 aromatic heterocycles. The summed E-state index contributed by atoms with van der Waals surface area (Å²) in [6.07, 6.45) is 18.1. The molecule has 0 aliphatic carbocycles. The van der Waals surface area contributed by atoms with E-state index in [-0.39, 0.29) is 0 Å². The molecule has 3 rings (SSSR count). The van der Waals surface area contributed by atoms with Gasteiger partial charge in [-0.25, -0.2) is 9.97 Å². The van der Waals surface area contributed by atoms with Crippen molar-refractivity contribution in [3.05, 3.63) is 60.5 Å². The maximum atomic E-state index is 4.71. The maximum Gasteiger partial charge on any atom is 0.180 e. The lowest BCUT2D eigenvalue weighted by Gasteiger charge is -2.08. The van der Waals surface area contributed by atoms with E-state index in [9.17, 15) is 0 Å². The second-order valence-corrected chi connectivity index (χ2v) is 5.76. The summed E-state index contributed by atoms with van der Waals surface area (Å²) < 4.78 is 2.01. The first-order valence-corrected chi connectivity index (χ1v) is 8.50. The predicted octanol–water partition coefficient (Wildman–Crippen LogP) is 3.98. The summed E-state index contributed by atoms with van der Waals surface area (Å²) in [5.41, 5.74) is 3.01. The van der Waals surface area contributed by atoms with E-state index in [1.807, 2.05) is 29.1 Å². The van der Waals surface area contributed by atoms with E-state index in [0.29, 0.717) is 0 Å². The van der Waals surface area contributed by atoms with Crippen molar-refractivity contribution in [2.75, 3.05) is 11.9 Å². The highest BCUT2D eigenvalue weighted by molar-refractivity contribution is 5.65. The molecular weight excluding hydrogens is 298 g/mol. The number of allylic oxidation sites excluding steroid dienone is 1. The van der Waals surface area contributed by atoms with E-state index in [4.69, 9.17) is 4.98 Å². The number of anilines is 1. The van der Waals surface area contributed by atoms with Gasteiger partial charge in [0.15, 0.2) is 11.5 Å². The van der Waals surface area contributed by atoms with Crippen LogP contribution in [0, 0.1) is 0 Å². The number of hydrogen-bond acceptors (Lipinski definition) is 4. The van der Waals surface area contributed by atoms with Gasteiger partial charge in [-0.1, -0.05) is 31.9 Å². The first-order chi connectivity index (χ1) is 11.9. The van der Waals surface area contributed by atoms with E-state index in [0.717, 1.165) is 36.5 Å². The normalized spacial score (nSPS) is 11.4. The Bertz CT molecular complexity index is 792. The van der Waals surface area contributed by atoms with Gasteiger partial charge in [-0.3, -0.25) is 4.98 Å². The maximum absolute atomic E-state index is 4.71. The zero-order chi connectivity index (χ0) is 16.6. The van der Waals surface area contributed by atoms with Gasteiger partial charge in [0.2, 0.25) is 0 Å². The molecule has 1 N–H and O–H groups in total.